The Morgan fingerprint density at radius 1 is 0.889 bits per heavy atom. The van der Waals surface area contributed by atoms with E-state index >= 15 is 4.39 Å². The number of benzene rings is 3. The topological polar surface area (TPSA) is 26.3 Å². The fourth-order valence-corrected chi connectivity index (χ4v) is 3.90. The van der Waals surface area contributed by atoms with Crippen LogP contribution in [0.2, 0.25) is 0 Å². The third kappa shape index (κ3) is 3.08. The quantitative estimate of drug-likeness (QED) is 0.491. The van der Waals surface area contributed by atoms with Crippen LogP contribution in [0.5, 0.6) is 0 Å². The number of hydrogen-bond acceptors (Lipinski definition) is 2. The Bertz CT molecular complexity index is 943. The largest absolute Gasteiger partial charge is 0.460 e. The van der Waals surface area contributed by atoms with Crippen molar-refractivity contribution in [2.75, 3.05) is 0 Å². The minimum atomic E-state index is -1.77. The number of esters is 1. The van der Waals surface area contributed by atoms with Gasteiger partial charge in [-0.1, -0.05) is 88.7 Å². The summed E-state index contributed by atoms with van der Waals surface area (Å²) in [5.74, 6) is -0.525. The van der Waals surface area contributed by atoms with E-state index in [0.717, 1.165) is 10.0 Å². The van der Waals surface area contributed by atoms with Crippen molar-refractivity contribution in [3.8, 4) is 0 Å². The molecule has 1 saturated carbocycles. The van der Waals surface area contributed by atoms with Crippen LogP contribution in [0.3, 0.4) is 0 Å². The molecule has 0 radical (unpaired) electrons. The van der Waals surface area contributed by atoms with Crippen molar-refractivity contribution in [2.45, 2.75) is 24.1 Å². The van der Waals surface area contributed by atoms with Crippen LogP contribution in [0.4, 0.5) is 4.39 Å². The maximum atomic E-state index is 16.0. The standard InChI is InChI=1S/C23H18BrFO2/c24-20-13-11-19(12-14-20)23(25)16-22(23,18-9-5-2-6-10-18)21(26)27-15-17-7-3-1-4-8-17/h1-14H,15-16H2/t22-,23-/m1/s1. The highest BCUT2D eigenvalue weighted by Crippen LogP contribution is 2.67. The van der Waals surface area contributed by atoms with Gasteiger partial charge in [-0.05, 0) is 28.8 Å². The van der Waals surface area contributed by atoms with Gasteiger partial charge in [-0.3, -0.25) is 4.79 Å². The predicted molar refractivity (Wildman–Crippen MR) is 106 cm³/mol. The molecule has 2 nitrogen and oxygen atoms in total. The zero-order valence-electron chi connectivity index (χ0n) is 14.6. The number of hydrogen-bond donors (Lipinski definition) is 0. The van der Waals surface area contributed by atoms with Crippen LogP contribution in [0.1, 0.15) is 23.1 Å². The molecule has 1 aliphatic carbocycles. The Balaban J connectivity index is 1.66. The summed E-state index contributed by atoms with van der Waals surface area (Å²) >= 11 is 3.37. The molecule has 136 valence electrons. The van der Waals surface area contributed by atoms with E-state index in [2.05, 4.69) is 15.9 Å². The summed E-state index contributed by atoms with van der Waals surface area (Å²) in [6.07, 6.45) is 0.0826. The first-order valence-corrected chi connectivity index (χ1v) is 9.57. The molecule has 27 heavy (non-hydrogen) atoms. The molecule has 0 heterocycles. The Hall–Kier alpha value is -2.46. The number of ether oxygens (including phenoxy) is 1. The van der Waals surface area contributed by atoms with Gasteiger partial charge in [-0.2, -0.15) is 0 Å². The average Bonchev–Trinajstić information content (AvgIpc) is 3.36. The highest BCUT2D eigenvalue weighted by atomic mass is 79.9. The lowest BCUT2D eigenvalue weighted by atomic mass is 9.89. The Morgan fingerprint density at radius 2 is 1.48 bits per heavy atom. The highest BCUT2D eigenvalue weighted by molar-refractivity contribution is 9.10. The molecule has 2 atom stereocenters. The van der Waals surface area contributed by atoms with Gasteiger partial charge in [0.15, 0.2) is 5.67 Å². The fraction of sp³-hybridized carbons (Fsp3) is 0.174. The van der Waals surface area contributed by atoms with Crippen molar-refractivity contribution >= 4 is 21.9 Å². The number of rotatable bonds is 5. The van der Waals surface area contributed by atoms with E-state index in [1.54, 1.807) is 36.4 Å². The van der Waals surface area contributed by atoms with Crippen molar-refractivity contribution in [1.82, 2.24) is 0 Å². The summed E-state index contributed by atoms with van der Waals surface area (Å²) in [7, 11) is 0. The molecule has 0 N–H and O–H groups in total. The van der Waals surface area contributed by atoms with Gasteiger partial charge in [0.05, 0.1) is 0 Å². The Kier molecular flexibility index (Phi) is 4.60. The van der Waals surface area contributed by atoms with Crippen LogP contribution >= 0.6 is 15.9 Å². The summed E-state index contributed by atoms with van der Waals surface area (Å²) in [5.41, 5.74) is -1.07. The van der Waals surface area contributed by atoms with Gasteiger partial charge in [0.2, 0.25) is 0 Å². The van der Waals surface area contributed by atoms with E-state index in [4.69, 9.17) is 4.74 Å². The molecule has 4 heteroatoms. The molecule has 3 aromatic carbocycles. The molecule has 1 fully saturated rings. The maximum absolute atomic E-state index is 16.0. The van der Waals surface area contributed by atoms with Crippen molar-refractivity contribution < 1.29 is 13.9 Å². The van der Waals surface area contributed by atoms with Crippen molar-refractivity contribution in [3.05, 3.63) is 106 Å². The Labute approximate surface area is 166 Å². The molecule has 0 unspecified atom stereocenters. The monoisotopic (exact) mass is 424 g/mol. The van der Waals surface area contributed by atoms with E-state index in [9.17, 15) is 4.79 Å². The molecule has 0 saturated heterocycles. The fourth-order valence-electron chi connectivity index (χ4n) is 3.64. The number of carbonyl (C=O) groups excluding carboxylic acids is 1. The van der Waals surface area contributed by atoms with E-state index < -0.39 is 17.1 Å². The number of halogens is 2. The smallest absolute Gasteiger partial charge is 0.320 e. The molecular weight excluding hydrogens is 407 g/mol. The van der Waals surface area contributed by atoms with Crippen LogP contribution in [0.15, 0.2) is 89.4 Å². The zero-order valence-corrected chi connectivity index (χ0v) is 16.2. The van der Waals surface area contributed by atoms with Gasteiger partial charge in [0.1, 0.15) is 12.0 Å². The predicted octanol–water partition coefficient (Wildman–Crippen LogP) is 5.70. The first-order valence-electron chi connectivity index (χ1n) is 8.78. The number of carbonyl (C=O) groups is 1. The molecule has 0 bridgehead atoms. The van der Waals surface area contributed by atoms with Crippen LogP contribution in [0.25, 0.3) is 0 Å². The van der Waals surface area contributed by atoms with E-state index in [1.807, 2.05) is 48.5 Å². The second kappa shape index (κ2) is 6.93. The second-order valence-corrected chi connectivity index (χ2v) is 7.73. The van der Waals surface area contributed by atoms with Gasteiger partial charge in [-0.15, -0.1) is 0 Å². The minimum Gasteiger partial charge on any atom is -0.460 e. The lowest BCUT2D eigenvalue weighted by Crippen LogP contribution is -2.30. The van der Waals surface area contributed by atoms with Crippen LogP contribution in [-0.2, 0) is 27.2 Å². The third-order valence-corrected chi connectivity index (χ3v) is 5.72. The van der Waals surface area contributed by atoms with Gasteiger partial charge in [-0.25, -0.2) is 4.39 Å². The third-order valence-electron chi connectivity index (χ3n) is 5.19. The van der Waals surface area contributed by atoms with Crippen LogP contribution in [-0.4, -0.2) is 5.97 Å². The van der Waals surface area contributed by atoms with Crippen LogP contribution in [0, 0.1) is 0 Å². The molecule has 4 rings (SSSR count). The number of alkyl halides is 1. The minimum absolute atomic E-state index is 0.0826. The highest BCUT2D eigenvalue weighted by Gasteiger charge is 2.76. The second-order valence-electron chi connectivity index (χ2n) is 6.82. The molecule has 0 spiro atoms. The summed E-state index contributed by atoms with van der Waals surface area (Å²) in [4.78, 5) is 13.1. The zero-order chi connectivity index (χ0) is 18.9. The molecular formula is C23H18BrFO2. The summed E-state index contributed by atoms with van der Waals surface area (Å²) in [6.45, 7) is 0.130. The first-order chi connectivity index (χ1) is 13.1. The van der Waals surface area contributed by atoms with Gasteiger partial charge >= 0.3 is 5.97 Å². The summed E-state index contributed by atoms with van der Waals surface area (Å²) < 4.78 is 22.5. The lowest BCUT2D eigenvalue weighted by molar-refractivity contribution is -0.149. The molecule has 1 aliphatic rings. The molecule has 0 aliphatic heterocycles. The molecule has 0 aromatic heterocycles. The normalized spacial score (nSPS) is 23.6. The lowest BCUT2D eigenvalue weighted by Gasteiger charge is -2.20. The summed E-state index contributed by atoms with van der Waals surface area (Å²) in [5, 5.41) is 0. The Morgan fingerprint density at radius 3 is 2.11 bits per heavy atom. The van der Waals surface area contributed by atoms with Gasteiger partial charge in [0.25, 0.3) is 0 Å². The van der Waals surface area contributed by atoms with E-state index in [0.29, 0.717) is 11.1 Å². The molecule has 3 aromatic rings. The van der Waals surface area contributed by atoms with Crippen molar-refractivity contribution in [1.29, 1.82) is 0 Å². The molecule has 0 amide bonds. The van der Waals surface area contributed by atoms with E-state index in [1.165, 1.54) is 0 Å². The van der Waals surface area contributed by atoms with Crippen LogP contribution < -0.4 is 0 Å². The van der Waals surface area contributed by atoms with Gasteiger partial charge < -0.3 is 4.74 Å². The average molecular weight is 425 g/mol. The maximum Gasteiger partial charge on any atom is 0.320 e. The van der Waals surface area contributed by atoms with Crippen molar-refractivity contribution in [2.24, 2.45) is 0 Å². The first kappa shape index (κ1) is 17.9. The van der Waals surface area contributed by atoms with E-state index in [-0.39, 0.29) is 13.0 Å². The van der Waals surface area contributed by atoms with Gasteiger partial charge in [0, 0.05) is 10.9 Å². The van der Waals surface area contributed by atoms with Crippen molar-refractivity contribution in [3.63, 3.8) is 0 Å². The SMILES string of the molecule is O=C(OCc1ccccc1)[C@]1(c2ccccc2)C[C@@]1(F)c1ccc(Br)cc1. The summed E-state index contributed by atoms with van der Waals surface area (Å²) in [6, 6.07) is 25.5.